The standard InChI is InChI=1S/C23H21ClN2O2/c24-20-11-5-6-12-21(20)25-14-16-26(17-15-25)23(27)19-10-4-7-13-22(19)28-18-8-2-1-3-9-18/h1-13H,14-17H2. The summed E-state index contributed by atoms with van der Waals surface area (Å²) in [6, 6.07) is 24.7. The van der Waals surface area contributed by atoms with E-state index in [0.29, 0.717) is 30.2 Å². The second-order valence-corrected chi connectivity index (χ2v) is 7.05. The fourth-order valence-corrected chi connectivity index (χ4v) is 3.63. The molecule has 1 fully saturated rings. The summed E-state index contributed by atoms with van der Waals surface area (Å²) in [5.41, 5.74) is 1.60. The highest BCUT2D eigenvalue weighted by atomic mass is 35.5. The van der Waals surface area contributed by atoms with Crippen LogP contribution >= 0.6 is 11.6 Å². The van der Waals surface area contributed by atoms with Crippen molar-refractivity contribution in [3.8, 4) is 11.5 Å². The lowest BCUT2D eigenvalue weighted by Gasteiger charge is -2.36. The minimum absolute atomic E-state index is 0.00894. The normalized spacial score (nSPS) is 14.0. The number of piperazine rings is 1. The molecule has 0 N–H and O–H groups in total. The Labute approximate surface area is 169 Å². The highest BCUT2D eigenvalue weighted by molar-refractivity contribution is 6.33. The molecule has 0 unspecified atom stereocenters. The molecule has 0 aromatic heterocycles. The SMILES string of the molecule is O=C(c1ccccc1Oc1ccccc1)N1CCN(c2ccccc2Cl)CC1. The minimum Gasteiger partial charge on any atom is -0.457 e. The summed E-state index contributed by atoms with van der Waals surface area (Å²) >= 11 is 6.31. The molecule has 142 valence electrons. The Morgan fingerprint density at radius 2 is 1.43 bits per heavy atom. The van der Waals surface area contributed by atoms with Crippen LogP contribution < -0.4 is 9.64 Å². The van der Waals surface area contributed by atoms with Crippen molar-refractivity contribution in [3.63, 3.8) is 0 Å². The molecule has 3 aromatic rings. The molecule has 5 heteroatoms. The van der Waals surface area contributed by atoms with Gasteiger partial charge < -0.3 is 14.5 Å². The van der Waals surface area contributed by atoms with Gasteiger partial charge >= 0.3 is 0 Å². The van der Waals surface area contributed by atoms with Gasteiger partial charge in [0.05, 0.1) is 16.3 Å². The molecule has 1 aliphatic heterocycles. The molecule has 1 heterocycles. The highest BCUT2D eigenvalue weighted by Crippen LogP contribution is 2.28. The van der Waals surface area contributed by atoms with Gasteiger partial charge in [-0.15, -0.1) is 0 Å². The summed E-state index contributed by atoms with van der Waals surface area (Å²) in [6.45, 7) is 2.78. The lowest BCUT2D eigenvalue weighted by Crippen LogP contribution is -2.48. The van der Waals surface area contributed by atoms with E-state index in [4.69, 9.17) is 16.3 Å². The predicted octanol–water partition coefficient (Wildman–Crippen LogP) is 5.09. The molecule has 0 bridgehead atoms. The van der Waals surface area contributed by atoms with Crippen molar-refractivity contribution in [2.75, 3.05) is 31.1 Å². The van der Waals surface area contributed by atoms with Crippen molar-refractivity contribution in [1.82, 2.24) is 4.90 Å². The Morgan fingerprint density at radius 3 is 2.18 bits per heavy atom. The van der Waals surface area contributed by atoms with Crippen LogP contribution in [0.1, 0.15) is 10.4 Å². The van der Waals surface area contributed by atoms with Crippen molar-refractivity contribution >= 4 is 23.2 Å². The lowest BCUT2D eigenvalue weighted by molar-refractivity contribution is 0.0744. The molecular weight excluding hydrogens is 372 g/mol. The van der Waals surface area contributed by atoms with Gasteiger partial charge in [0.1, 0.15) is 11.5 Å². The number of ether oxygens (including phenoxy) is 1. The molecule has 4 rings (SSSR count). The second kappa shape index (κ2) is 8.36. The fourth-order valence-electron chi connectivity index (χ4n) is 3.38. The first-order valence-electron chi connectivity index (χ1n) is 9.33. The number of anilines is 1. The van der Waals surface area contributed by atoms with Crippen LogP contribution in [0.4, 0.5) is 5.69 Å². The van der Waals surface area contributed by atoms with Gasteiger partial charge in [0.15, 0.2) is 0 Å². The van der Waals surface area contributed by atoms with Gasteiger partial charge in [-0.1, -0.05) is 54.1 Å². The Morgan fingerprint density at radius 1 is 0.786 bits per heavy atom. The first kappa shape index (κ1) is 18.4. The van der Waals surface area contributed by atoms with E-state index in [2.05, 4.69) is 4.90 Å². The van der Waals surface area contributed by atoms with E-state index in [9.17, 15) is 4.79 Å². The largest absolute Gasteiger partial charge is 0.457 e. The third-order valence-corrected chi connectivity index (χ3v) is 5.17. The van der Waals surface area contributed by atoms with Crippen LogP contribution in [-0.4, -0.2) is 37.0 Å². The topological polar surface area (TPSA) is 32.8 Å². The number of rotatable bonds is 4. The van der Waals surface area contributed by atoms with Gasteiger partial charge in [-0.05, 0) is 36.4 Å². The van der Waals surface area contributed by atoms with E-state index in [0.717, 1.165) is 23.8 Å². The number of hydrogen-bond donors (Lipinski definition) is 0. The number of carbonyl (C=O) groups excluding carboxylic acids is 1. The predicted molar refractivity (Wildman–Crippen MR) is 113 cm³/mol. The van der Waals surface area contributed by atoms with Gasteiger partial charge in [-0.2, -0.15) is 0 Å². The van der Waals surface area contributed by atoms with Crippen molar-refractivity contribution in [3.05, 3.63) is 89.4 Å². The maximum absolute atomic E-state index is 13.1. The maximum Gasteiger partial charge on any atom is 0.257 e. The fraction of sp³-hybridized carbons (Fsp3) is 0.174. The zero-order valence-electron chi connectivity index (χ0n) is 15.4. The molecule has 1 amide bonds. The number of carbonyl (C=O) groups is 1. The third-order valence-electron chi connectivity index (χ3n) is 4.85. The van der Waals surface area contributed by atoms with E-state index in [1.54, 1.807) is 0 Å². The van der Waals surface area contributed by atoms with E-state index in [1.165, 1.54) is 0 Å². The van der Waals surface area contributed by atoms with Crippen LogP contribution in [0.15, 0.2) is 78.9 Å². The lowest BCUT2D eigenvalue weighted by atomic mass is 10.1. The molecule has 0 atom stereocenters. The van der Waals surface area contributed by atoms with Gasteiger partial charge in [0.25, 0.3) is 5.91 Å². The molecule has 1 saturated heterocycles. The smallest absolute Gasteiger partial charge is 0.257 e. The quantitative estimate of drug-likeness (QED) is 0.619. The van der Waals surface area contributed by atoms with E-state index < -0.39 is 0 Å². The summed E-state index contributed by atoms with van der Waals surface area (Å²) < 4.78 is 5.95. The van der Waals surface area contributed by atoms with Gasteiger partial charge in [0, 0.05) is 26.2 Å². The molecule has 4 nitrogen and oxygen atoms in total. The minimum atomic E-state index is -0.00894. The monoisotopic (exact) mass is 392 g/mol. The first-order valence-corrected chi connectivity index (χ1v) is 9.71. The number of amides is 1. The molecule has 1 aliphatic rings. The number of hydrogen-bond acceptors (Lipinski definition) is 3. The van der Waals surface area contributed by atoms with E-state index in [1.807, 2.05) is 83.8 Å². The van der Waals surface area contributed by atoms with Crippen LogP contribution in [0.3, 0.4) is 0 Å². The van der Waals surface area contributed by atoms with Crippen LogP contribution in [-0.2, 0) is 0 Å². The average molecular weight is 393 g/mol. The number of para-hydroxylation sites is 3. The average Bonchev–Trinajstić information content (AvgIpc) is 2.75. The van der Waals surface area contributed by atoms with Gasteiger partial charge in [0.2, 0.25) is 0 Å². The summed E-state index contributed by atoms with van der Waals surface area (Å²) in [5.74, 6) is 1.28. The van der Waals surface area contributed by atoms with Crippen molar-refractivity contribution in [1.29, 1.82) is 0 Å². The zero-order chi connectivity index (χ0) is 19.3. The molecule has 28 heavy (non-hydrogen) atoms. The van der Waals surface area contributed by atoms with Crippen LogP contribution in [0.5, 0.6) is 11.5 Å². The van der Waals surface area contributed by atoms with Crippen LogP contribution in [0, 0.1) is 0 Å². The molecule has 0 aliphatic carbocycles. The van der Waals surface area contributed by atoms with Crippen molar-refractivity contribution in [2.24, 2.45) is 0 Å². The Hall–Kier alpha value is -2.98. The van der Waals surface area contributed by atoms with Gasteiger partial charge in [-0.25, -0.2) is 0 Å². The van der Waals surface area contributed by atoms with Crippen molar-refractivity contribution < 1.29 is 9.53 Å². The Balaban J connectivity index is 1.47. The summed E-state index contributed by atoms with van der Waals surface area (Å²) in [4.78, 5) is 17.2. The zero-order valence-corrected chi connectivity index (χ0v) is 16.2. The summed E-state index contributed by atoms with van der Waals surface area (Å²) in [5, 5.41) is 0.740. The number of benzene rings is 3. The molecular formula is C23H21ClN2O2. The second-order valence-electron chi connectivity index (χ2n) is 6.64. The number of halogens is 1. The van der Waals surface area contributed by atoms with Crippen LogP contribution in [0.25, 0.3) is 0 Å². The van der Waals surface area contributed by atoms with Gasteiger partial charge in [-0.3, -0.25) is 4.79 Å². The highest BCUT2D eigenvalue weighted by Gasteiger charge is 2.25. The van der Waals surface area contributed by atoms with Crippen molar-refractivity contribution in [2.45, 2.75) is 0 Å². The Bertz CT molecular complexity index is 954. The third kappa shape index (κ3) is 3.97. The summed E-state index contributed by atoms with van der Waals surface area (Å²) in [6.07, 6.45) is 0. The molecule has 0 spiro atoms. The van der Waals surface area contributed by atoms with Crippen LogP contribution in [0.2, 0.25) is 5.02 Å². The maximum atomic E-state index is 13.1. The first-order chi connectivity index (χ1) is 13.7. The summed E-state index contributed by atoms with van der Waals surface area (Å²) in [7, 11) is 0. The molecule has 3 aromatic carbocycles. The van der Waals surface area contributed by atoms with E-state index >= 15 is 0 Å². The number of nitrogens with zero attached hydrogens (tertiary/aromatic N) is 2. The molecule has 0 radical (unpaired) electrons. The molecule has 0 saturated carbocycles. The Kier molecular flexibility index (Phi) is 5.49. The van der Waals surface area contributed by atoms with E-state index in [-0.39, 0.29) is 5.91 Å².